The minimum Gasteiger partial charge on any atom is -0.343 e. The number of aromatic nitrogens is 5. The summed E-state index contributed by atoms with van der Waals surface area (Å²) >= 11 is 0. The lowest BCUT2D eigenvalue weighted by Gasteiger charge is -2.07. The van der Waals surface area contributed by atoms with Crippen molar-refractivity contribution in [1.82, 2.24) is 24.3 Å². The van der Waals surface area contributed by atoms with E-state index in [0.717, 1.165) is 28.1 Å². The van der Waals surface area contributed by atoms with Gasteiger partial charge in [-0.3, -0.25) is 9.48 Å². The molecule has 0 saturated carbocycles. The van der Waals surface area contributed by atoms with Gasteiger partial charge < -0.3 is 10.3 Å². The molecule has 132 valence electrons. The highest BCUT2D eigenvalue weighted by atomic mass is 16.1. The number of para-hydroxylation sites is 1. The van der Waals surface area contributed by atoms with Gasteiger partial charge in [-0.1, -0.05) is 18.2 Å². The van der Waals surface area contributed by atoms with E-state index in [1.54, 1.807) is 4.68 Å². The van der Waals surface area contributed by atoms with Gasteiger partial charge in [0.2, 0.25) is 0 Å². The maximum atomic E-state index is 13.1. The fourth-order valence-corrected chi connectivity index (χ4v) is 3.18. The van der Waals surface area contributed by atoms with E-state index >= 15 is 0 Å². The molecule has 0 fully saturated rings. The molecule has 0 atom stereocenters. The molecule has 3 heterocycles. The lowest BCUT2D eigenvalue weighted by Crippen LogP contribution is -2.20. The Morgan fingerprint density at radius 1 is 1.08 bits per heavy atom. The molecule has 0 bridgehead atoms. The summed E-state index contributed by atoms with van der Waals surface area (Å²) in [7, 11) is 1.87. The Balaban J connectivity index is 1.87. The molecule has 7 heteroatoms. The summed E-state index contributed by atoms with van der Waals surface area (Å²) in [6.07, 6.45) is 0. The van der Waals surface area contributed by atoms with Crippen LogP contribution in [-0.4, -0.2) is 24.3 Å². The molecule has 0 saturated heterocycles. The van der Waals surface area contributed by atoms with Crippen LogP contribution >= 0.6 is 0 Å². The van der Waals surface area contributed by atoms with Crippen LogP contribution in [0.25, 0.3) is 16.7 Å². The number of H-pyrrole nitrogens is 1. The van der Waals surface area contributed by atoms with Crippen LogP contribution in [0.15, 0.2) is 41.2 Å². The van der Waals surface area contributed by atoms with Crippen molar-refractivity contribution in [3.05, 3.63) is 64.0 Å². The Kier molecular flexibility index (Phi) is 3.64. The summed E-state index contributed by atoms with van der Waals surface area (Å²) in [6.45, 7) is 5.72. The molecule has 0 spiro atoms. The first-order valence-electron chi connectivity index (χ1n) is 8.40. The van der Waals surface area contributed by atoms with Crippen LogP contribution in [-0.2, 0) is 7.05 Å². The second kappa shape index (κ2) is 5.87. The smallest absolute Gasteiger partial charge is 0.295 e. The third-order valence-electron chi connectivity index (χ3n) is 4.53. The molecular weight excluding hydrogens is 328 g/mol. The van der Waals surface area contributed by atoms with Gasteiger partial charge in [0.15, 0.2) is 0 Å². The number of rotatable bonds is 3. The largest absolute Gasteiger partial charge is 0.343 e. The van der Waals surface area contributed by atoms with E-state index in [1.165, 1.54) is 0 Å². The molecule has 0 unspecified atom stereocenters. The van der Waals surface area contributed by atoms with E-state index in [-0.39, 0.29) is 5.56 Å². The molecule has 0 aliphatic rings. The number of nitrogens with one attached hydrogen (secondary N) is 2. The van der Waals surface area contributed by atoms with Crippen molar-refractivity contribution in [2.75, 3.05) is 5.32 Å². The number of anilines is 2. The maximum Gasteiger partial charge on any atom is 0.295 e. The van der Waals surface area contributed by atoms with Gasteiger partial charge in [0.1, 0.15) is 23.0 Å². The number of benzene rings is 1. The van der Waals surface area contributed by atoms with Crippen molar-refractivity contribution in [1.29, 1.82) is 0 Å². The Bertz CT molecular complexity index is 1170. The Morgan fingerprint density at radius 2 is 1.81 bits per heavy atom. The first-order valence-corrected chi connectivity index (χ1v) is 8.40. The summed E-state index contributed by atoms with van der Waals surface area (Å²) in [4.78, 5) is 25.2. The molecule has 26 heavy (non-hydrogen) atoms. The van der Waals surface area contributed by atoms with Crippen LogP contribution in [0.5, 0.6) is 0 Å². The van der Waals surface area contributed by atoms with E-state index in [4.69, 9.17) is 0 Å². The minimum atomic E-state index is -0.118. The first-order chi connectivity index (χ1) is 12.5. The SMILES string of the molecule is Cc1nc(Nc2c(C)n(C)n(-c3ccccc3)c2=O)c2cc(C)[nH]c2n1. The zero-order valence-corrected chi connectivity index (χ0v) is 15.2. The lowest BCUT2D eigenvalue weighted by atomic mass is 10.3. The molecule has 4 aromatic rings. The fraction of sp³-hybridized carbons (Fsp3) is 0.211. The van der Waals surface area contributed by atoms with Crippen molar-refractivity contribution in [2.45, 2.75) is 20.8 Å². The van der Waals surface area contributed by atoms with Gasteiger partial charge in [-0.05, 0) is 39.0 Å². The molecule has 1 aromatic carbocycles. The molecule has 7 nitrogen and oxygen atoms in total. The van der Waals surface area contributed by atoms with Crippen molar-refractivity contribution < 1.29 is 0 Å². The Hall–Kier alpha value is -3.35. The molecular formula is C19H20N6O. The van der Waals surface area contributed by atoms with E-state index < -0.39 is 0 Å². The van der Waals surface area contributed by atoms with Gasteiger partial charge in [0.05, 0.1) is 16.8 Å². The second-order valence-corrected chi connectivity index (χ2v) is 6.40. The van der Waals surface area contributed by atoms with Crippen LogP contribution in [0.3, 0.4) is 0 Å². The van der Waals surface area contributed by atoms with Crippen LogP contribution in [0.2, 0.25) is 0 Å². The summed E-state index contributed by atoms with van der Waals surface area (Å²) in [5.74, 6) is 1.27. The summed E-state index contributed by atoms with van der Waals surface area (Å²) in [5.41, 5.74) is 3.79. The second-order valence-electron chi connectivity index (χ2n) is 6.40. The molecule has 0 aliphatic carbocycles. The van der Waals surface area contributed by atoms with E-state index in [0.29, 0.717) is 17.3 Å². The van der Waals surface area contributed by atoms with Gasteiger partial charge in [-0.15, -0.1) is 0 Å². The Labute approximate surface area is 150 Å². The average Bonchev–Trinajstić information content (AvgIpc) is 3.08. The predicted molar refractivity (Wildman–Crippen MR) is 102 cm³/mol. The molecule has 2 N–H and O–H groups in total. The highest BCUT2D eigenvalue weighted by molar-refractivity contribution is 5.89. The molecule has 3 aromatic heterocycles. The average molecular weight is 348 g/mol. The normalized spacial score (nSPS) is 11.2. The van der Waals surface area contributed by atoms with Gasteiger partial charge in [0, 0.05) is 12.7 Å². The van der Waals surface area contributed by atoms with Crippen LogP contribution in [0.1, 0.15) is 17.2 Å². The van der Waals surface area contributed by atoms with Crippen molar-refractivity contribution >= 4 is 22.5 Å². The van der Waals surface area contributed by atoms with Crippen molar-refractivity contribution in [2.24, 2.45) is 7.05 Å². The van der Waals surface area contributed by atoms with Gasteiger partial charge in [-0.25, -0.2) is 14.6 Å². The summed E-state index contributed by atoms with van der Waals surface area (Å²) < 4.78 is 3.49. The summed E-state index contributed by atoms with van der Waals surface area (Å²) in [6, 6.07) is 11.6. The van der Waals surface area contributed by atoms with Gasteiger partial charge >= 0.3 is 0 Å². The topological polar surface area (TPSA) is 80.5 Å². The van der Waals surface area contributed by atoms with E-state index in [2.05, 4.69) is 20.3 Å². The number of fused-ring (bicyclic) bond motifs is 1. The molecule has 0 radical (unpaired) electrons. The van der Waals surface area contributed by atoms with E-state index in [1.807, 2.05) is 68.9 Å². The van der Waals surface area contributed by atoms with Crippen LogP contribution < -0.4 is 10.9 Å². The monoisotopic (exact) mass is 348 g/mol. The highest BCUT2D eigenvalue weighted by Gasteiger charge is 2.18. The third-order valence-corrected chi connectivity index (χ3v) is 4.53. The highest BCUT2D eigenvalue weighted by Crippen LogP contribution is 2.25. The first kappa shape index (κ1) is 16.1. The molecule has 4 rings (SSSR count). The quantitative estimate of drug-likeness (QED) is 0.596. The van der Waals surface area contributed by atoms with Gasteiger partial charge in [0.25, 0.3) is 5.56 Å². The van der Waals surface area contributed by atoms with E-state index in [9.17, 15) is 4.79 Å². The van der Waals surface area contributed by atoms with Crippen LogP contribution in [0, 0.1) is 20.8 Å². The number of aromatic amines is 1. The standard InChI is InChI=1S/C19H20N6O/c1-11-10-15-17(20-11)21-13(3)22-18(15)23-16-12(2)24(4)25(19(16)26)14-8-6-5-7-9-14/h5-10H,1-4H3,(H2,20,21,22,23). The molecule has 0 aliphatic heterocycles. The molecule has 0 amide bonds. The van der Waals surface area contributed by atoms with Crippen molar-refractivity contribution in [3.63, 3.8) is 0 Å². The summed E-state index contributed by atoms with van der Waals surface area (Å²) in [5, 5.41) is 4.11. The maximum absolute atomic E-state index is 13.1. The predicted octanol–water partition coefficient (Wildman–Crippen LogP) is 3.12. The van der Waals surface area contributed by atoms with Crippen LogP contribution in [0.4, 0.5) is 11.5 Å². The third kappa shape index (κ3) is 2.48. The number of aryl methyl sites for hydroxylation is 2. The Morgan fingerprint density at radius 3 is 2.54 bits per heavy atom. The van der Waals surface area contributed by atoms with Crippen molar-refractivity contribution in [3.8, 4) is 5.69 Å². The lowest BCUT2D eigenvalue weighted by molar-refractivity contribution is 0.630. The van der Waals surface area contributed by atoms with Gasteiger partial charge in [-0.2, -0.15) is 0 Å². The number of nitrogens with zero attached hydrogens (tertiary/aromatic N) is 4. The number of hydrogen-bond donors (Lipinski definition) is 2. The minimum absolute atomic E-state index is 0.118. The zero-order valence-electron chi connectivity index (χ0n) is 15.2. The fourth-order valence-electron chi connectivity index (χ4n) is 3.18. The number of hydrogen-bond acceptors (Lipinski definition) is 4. The zero-order chi connectivity index (χ0) is 18.4.